The van der Waals surface area contributed by atoms with Gasteiger partial charge in [0.15, 0.2) is 6.10 Å². The Hall–Kier alpha value is -3.03. The van der Waals surface area contributed by atoms with Crippen molar-refractivity contribution in [2.24, 2.45) is 0 Å². The van der Waals surface area contributed by atoms with Gasteiger partial charge in [0, 0.05) is 18.7 Å². The average molecular weight is 499 g/mol. The highest BCUT2D eigenvalue weighted by Crippen LogP contribution is 2.38. The van der Waals surface area contributed by atoms with E-state index in [0.29, 0.717) is 0 Å². The van der Waals surface area contributed by atoms with Crippen LogP contribution < -0.4 is 14.8 Å². The van der Waals surface area contributed by atoms with E-state index in [2.05, 4.69) is 20.8 Å². The summed E-state index contributed by atoms with van der Waals surface area (Å²) in [5.74, 6) is -2.64. The fourth-order valence-electron chi connectivity index (χ4n) is 4.35. The molecule has 0 aromatic heterocycles. The Morgan fingerprint density at radius 3 is 1.74 bits per heavy atom. The fraction of sp³-hybridized carbons (Fsp3) is 0.321. The van der Waals surface area contributed by atoms with Crippen LogP contribution in [-0.4, -0.2) is 27.5 Å². The topological polar surface area (TPSA) is 44.8 Å². The quantitative estimate of drug-likeness (QED) is 0.287. The van der Waals surface area contributed by atoms with Gasteiger partial charge in [-0.1, -0.05) is 81.4 Å². The Bertz CT molecular complexity index is 1070. The van der Waals surface area contributed by atoms with Gasteiger partial charge in [-0.25, -0.2) is 13.6 Å². The SMILES string of the molecule is CCOC(=O)C(OCC)c1c(F)cc(O[Si](c2ccccc2)(c2ccccc2)C(C)(C)C)cc1F. The minimum atomic E-state index is -3.09. The average Bonchev–Trinajstić information content (AvgIpc) is 2.82. The number of carbonyl (C=O) groups excluding carboxylic acids is 1. The molecule has 3 aromatic carbocycles. The smallest absolute Gasteiger partial charge is 0.340 e. The van der Waals surface area contributed by atoms with Crippen molar-refractivity contribution in [3.05, 3.63) is 90.0 Å². The zero-order valence-corrected chi connectivity index (χ0v) is 21.8. The van der Waals surface area contributed by atoms with Gasteiger partial charge in [0.05, 0.1) is 12.2 Å². The molecule has 0 bridgehead atoms. The van der Waals surface area contributed by atoms with Crippen molar-refractivity contribution in [2.45, 2.75) is 45.8 Å². The summed E-state index contributed by atoms with van der Waals surface area (Å²) in [4.78, 5) is 12.3. The number of hydrogen-bond donors (Lipinski definition) is 0. The maximum absolute atomic E-state index is 15.4. The lowest BCUT2D eigenvalue weighted by molar-refractivity contribution is -0.157. The van der Waals surface area contributed by atoms with Crippen LogP contribution in [0.25, 0.3) is 0 Å². The molecule has 0 saturated carbocycles. The molecule has 0 aliphatic carbocycles. The maximum Gasteiger partial charge on any atom is 0.340 e. The normalized spacial score (nSPS) is 12.8. The van der Waals surface area contributed by atoms with Crippen LogP contribution in [0.5, 0.6) is 5.75 Å². The number of esters is 1. The second-order valence-corrected chi connectivity index (χ2v) is 13.4. The highest BCUT2D eigenvalue weighted by Gasteiger charge is 2.52. The second kappa shape index (κ2) is 11.1. The lowest BCUT2D eigenvalue weighted by Crippen LogP contribution is -2.68. The summed E-state index contributed by atoms with van der Waals surface area (Å²) in [6.45, 7) is 9.64. The van der Waals surface area contributed by atoms with Gasteiger partial charge in [0.25, 0.3) is 0 Å². The van der Waals surface area contributed by atoms with Gasteiger partial charge in [0.1, 0.15) is 17.4 Å². The Morgan fingerprint density at radius 2 is 1.34 bits per heavy atom. The van der Waals surface area contributed by atoms with Crippen molar-refractivity contribution in [2.75, 3.05) is 13.2 Å². The first-order valence-electron chi connectivity index (χ1n) is 11.7. The Balaban J connectivity index is 2.17. The van der Waals surface area contributed by atoms with Crippen LogP contribution in [0, 0.1) is 11.6 Å². The van der Waals surface area contributed by atoms with Gasteiger partial charge >= 0.3 is 14.3 Å². The van der Waals surface area contributed by atoms with Crippen LogP contribution in [0.4, 0.5) is 8.78 Å². The highest BCUT2D eigenvalue weighted by molar-refractivity contribution is 7.00. The van der Waals surface area contributed by atoms with E-state index >= 15 is 8.78 Å². The number of hydrogen-bond acceptors (Lipinski definition) is 4. The number of rotatable bonds is 9. The predicted octanol–water partition coefficient (Wildman–Crippen LogP) is 5.54. The molecule has 4 nitrogen and oxygen atoms in total. The molecule has 186 valence electrons. The van der Waals surface area contributed by atoms with E-state index in [4.69, 9.17) is 13.9 Å². The summed E-state index contributed by atoms with van der Waals surface area (Å²) in [5.41, 5.74) is -0.486. The molecular weight excluding hydrogens is 466 g/mol. The molecule has 0 amide bonds. The zero-order chi connectivity index (χ0) is 25.6. The molecule has 0 N–H and O–H groups in total. The third kappa shape index (κ3) is 5.46. The number of benzene rings is 3. The molecule has 0 radical (unpaired) electrons. The molecule has 0 fully saturated rings. The third-order valence-corrected chi connectivity index (χ3v) is 10.8. The van der Waals surface area contributed by atoms with Crippen LogP contribution in [0.3, 0.4) is 0 Å². The predicted molar refractivity (Wildman–Crippen MR) is 136 cm³/mol. The molecule has 0 aliphatic heterocycles. The van der Waals surface area contributed by atoms with E-state index < -0.39 is 37.6 Å². The molecule has 0 heterocycles. The first-order valence-corrected chi connectivity index (χ1v) is 13.6. The molecule has 3 aromatic rings. The minimum absolute atomic E-state index is 0.0529. The first-order chi connectivity index (χ1) is 16.7. The Labute approximate surface area is 207 Å². The van der Waals surface area contributed by atoms with Gasteiger partial charge < -0.3 is 13.9 Å². The summed E-state index contributed by atoms with van der Waals surface area (Å²) in [6.07, 6.45) is -1.50. The number of carbonyl (C=O) groups is 1. The Morgan fingerprint density at radius 1 is 0.857 bits per heavy atom. The van der Waals surface area contributed by atoms with Gasteiger partial charge in [-0.3, -0.25) is 0 Å². The fourth-order valence-corrected chi connectivity index (χ4v) is 8.75. The summed E-state index contributed by atoms with van der Waals surface area (Å²) in [5, 5.41) is 1.56. The first kappa shape index (κ1) is 26.6. The summed E-state index contributed by atoms with van der Waals surface area (Å²) in [6, 6.07) is 21.8. The van der Waals surface area contributed by atoms with E-state index in [9.17, 15) is 4.79 Å². The molecule has 3 rings (SSSR count). The summed E-state index contributed by atoms with van der Waals surface area (Å²) >= 11 is 0. The van der Waals surface area contributed by atoms with Crippen molar-refractivity contribution in [1.29, 1.82) is 0 Å². The van der Waals surface area contributed by atoms with E-state index in [1.165, 1.54) is 0 Å². The third-order valence-electron chi connectivity index (χ3n) is 5.84. The molecule has 7 heteroatoms. The van der Waals surface area contributed by atoms with Gasteiger partial charge in [-0.15, -0.1) is 0 Å². The van der Waals surface area contributed by atoms with Crippen molar-refractivity contribution >= 4 is 24.7 Å². The summed E-state index contributed by atoms with van der Waals surface area (Å²) < 4.78 is 47.8. The largest absolute Gasteiger partial charge is 0.534 e. The van der Waals surface area contributed by atoms with E-state index in [1.54, 1.807) is 13.8 Å². The van der Waals surface area contributed by atoms with Crippen LogP contribution in [0.15, 0.2) is 72.8 Å². The lowest BCUT2D eigenvalue weighted by Gasteiger charge is -2.43. The molecule has 0 saturated heterocycles. The number of halogens is 2. The van der Waals surface area contributed by atoms with Crippen LogP contribution >= 0.6 is 0 Å². The van der Waals surface area contributed by atoms with Crippen LogP contribution in [0.1, 0.15) is 46.3 Å². The van der Waals surface area contributed by atoms with E-state index in [-0.39, 0.29) is 24.0 Å². The van der Waals surface area contributed by atoms with Crippen molar-refractivity contribution in [1.82, 2.24) is 0 Å². The van der Waals surface area contributed by atoms with Gasteiger partial charge in [-0.05, 0) is 29.3 Å². The van der Waals surface area contributed by atoms with E-state index in [1.807, 2.05) is 60.7 Å². The minimum Gasteiger partial charge on any atom is -0.534 e. The second-order valence-electron chi connectivity index (χ2n) is 9.15. The molecule has 0 aliphatic rings. The molecule has 0 spiro atoms. The molecule has 1 atom stereocenters. The molecule has 35 heavy (non-hydrogen) atoms. The van der Waals surface area contributed by atoms with Crippen molar-refractivity contribution in [3.8, 4) is 5.75 Å². The van der Waals surface area contributed by atoms with Gasteiger partial charge in [0.2, 0.25) is 0 Å². The lowest BCUT2D eigenvalue weighted by atomic mass is 10.1. The van der Waals surface area contributed by atoms with Crippen LogP contribution in [-0.2, 0) is 14.3 Å². The summed E-state index contributed by atoms with van der Waals surface area (Å²) in [7, 11) is -3.09. The monoisotopic (exact) mass is 498 g/mol. The van der Waals surface area contributed by atoms with Crippen LogP contribution in [0.2, 0.25) is 5.04 Å². The Kier molecular flexibility index (Phi) is 8.46. The molecular formula is C28H32F2O4Si. The zero-order valence-electron chi connectivity index (χ0n) is 20.8. The van der Waals surface area contributed by atoms with Crippen molar-refractivity contribution < 1.29 is 27.5 Å². The maximum atomic E-state index is 15.4. The highest BCUT2D eigenvalue weighted by atomic mass is 28.4. The number of ether oxygens (including phenoxy) is 2. The van der Waals surface area contributed by atoms with Gasteiger partial charge in [-0.2, -0.15) is 0 Å². The van der Waals surface area contributed by atoms with E-state index in [0.717, 1.165) is 22.5 Å². The molecule has 1 unspecified atom stereocenters. The standard InChI is InChI=1S/C28H32F2O4Si/c1-6-32-26(27(31)33-7-2)25-23(29)18-20(19-24(25)30)34-35(28(3,4)5,21-14-10-8-11-15-21)22-16-12-9-13-17-22/h8-19,26H,6-7H2,1-5H3. The van der Waals surface area contributed by atoms with Crippen molar-refractivity contribution in [3.63, 3.8) is 0 Å².